The third-order valence-electron chi connectivity index (χ3n) is 4.16. The number of carbonyl (C=O) groups is 1. The molecule has 6 nitrogen and oxygen atoms in total. The number of thiazole rings is 1. The third-order valence-corrected chi connectivity index (χ3v) is 5.07. The standard InChI is InChI=1S/C17H17N5OS/c23-16(20-12-4-5-14-11(7-12)9-19-22-14)8-13-10-24-17(21-13)15-3-1-2-6-18-15/h1-3,6,9-10,12H,4-5,7-8H2,(H,19,22)(H,20,23). The number of aryl methyl sites for hydroxylation is 1. The molecule has 1 aliphatic rings. The number of rotatable bonds is 4. The fourth-order valence-electron chi connectivity index (χ4n) is 2.98. The first-order valence-electron chi connectivity index (χ1n) is 7.94. The lowest BCUT2D eigenvalue weighted by Crippen LogP contribution is -2.39. The molecule has 3 aromatic heterocycles. The maximum absolute atomic E-state index is 12.3. The van der Waals surface area contributed by atoms with Crippen LogP contribution >= 0.6 is 11.3 Å². The lowest BCUT2D eigenvalue weighted by atomic mass is 9.93. The Morgan fingerprint density at radius 3 is 3.25 bits per heavy atom. The van der Waals surface area contributed by atoms with Crippen LogP contribution in [0.3, 0.4) is 0 Å². The second-order valence-electron chi connectivity index (χ2n) is 5.92. The molecule has 7 heteroatoms. The number of hydrogen-bond donors (Lipinski definition) is 2. The zero-order chi connectivity index (χ0) is 16.4. The molecule has 4 rings (SSSR count). The minimum atomic E-state index is 0.0183. The van der Waals surface area contributed by atoms with Crippen molar-refractivity contribution in [3.05, 3.63) is 52.9 Å². The van der Waals surface area contributed by atoms with E-state index in [9.17, 15) is 4.79 Å². The molecule has 1 amide bonds. The van der Waals surface area contributed by atoms with Crippen molar-refractivity contribution in [1.29, 1.82) is 0 Å². The summed E-state index contributed by atoms with van der Waals surface area (Å²) in [7, 11) is 0. The SMILES string of the molecule is O=C(Cc1csc(-c2ccccn2)n1)NC1CCc2[nH]ncc2C1. The summed E-state index contributed by atoms with van der Waals surface area (Å²) in [6.07, 6.45) is 6.62. The van der Waals surface area contributed by atoms with Gasteiger partial charge in [-0.2, -0.15) is 5.10 Å². The fourth-order valence-corrected chi connectivity index (χ4v) is 3.77. The molecular weight excluding hydrogens is 322 g/mol. The number of H-pyrrole nitrogens is 1. The molecule has 0 bridgehead atoms. The quantitative estimate of drug-likeness (QED) is 0.763. The van der Waals surface area contributed by atoms with E-state index in [4.69, 9.17) is 0 Å². The second-order valence-corrected chi connectivity index (χ2v) is 6.77. The maximum atomic E-state index is 12.3. The van der Waals surface area contributed by atoms with Gasteiger partial charge in [0.2, 0.25) is 5.91 Å². The molecule has 24 heavy (non-hydrogen) atoms. The van der Waals surface area contributed by atoms with Crippen molar-refractivity contribution in [3.8, 4) is 10.7 Å². The van der Waals surface area contributed by atoms with Gasteiger partial charge in [-0.05, 0) is 37.0 Å². The topological polar surface area (TPSA) is 83.6 Å². The molecule has 2 N–H and O–H groups in total. The average molecular weight is 339 g/mol. The van der Waals surface area contributed by atoms with Gasteiger partial charge in [0.1, 0.15) is 5.01 Å². The van der Waals surface area contributed by atoms with Gasteiger partial charge in [0.15, 0.2) is 0 Å². The number of nitrogens with zero attached hydrogens (tertiary/aromatic N) is 3. The summed E-state index contributed by atoms with van der Waals surface area (Å²) in [6.45, 7) is 0. The lowest BCUT2D eigenvalue weighted by Gasteiger charge is -2.22. The van der Waals surface area contributed by atoms with Gasteiger partial charge in [0.25, 0.3) is 0 Å². The first-order chi connectivity index (χ1) is 11.8. The van der Waals surface area contributed by atoms with Crippen LogP contribution in [0.1, 0.15) is 23.4 Å². The van der Waals surface area contributed by atoms with Gasteiger partial charge in [-0.1, -0.05) is 6.07 Å². The Morgan fingerprint density at radius 1 is 1.42 bits per heavy atom. The van der Waals surface area contributed by atoms with Crippen LogP contribution in [-0.2, 0) is 24.1 Å². The number of fused-ring (bicyclic) bond motifs is 1. The molecule has 3 heterocycles. The number of hydrogen-bond acceptors (Lipinski definition) is 5. The first kappa shape index (κ1) is 15.0. The summed E-state index contributed by atoms with van der Waals surface area (Å²) in [5.41, 5.74) is 4.03. The maximum Gasteiger partial charge on any atom is 0.226 e. The van der Waals surface area contributed by atoms with Gasteiger partial charge in [0.05, 0.1) is 24.0 Å². The van der Waals surface area contributed by atoms with E-state index in [1.165, 1.54) is 22.6 Å². The molecule has 1 unspecified atom stereocenters. The van der Waals surface area contributed by atoms with Crippen LogP contribution in [0.25, 0.3) is 10.7 Å². The molecule has 1 atom stereocenters. The summed E-state index contributed by atoms with van der Waals surface area (Å²) in [6, 6.07) is 5.91. The zero-order valence-electron chi connectivity index (χ0n) is 13.0. The van der Waals surface area contributed by atoms with Crippen LogP contribution < -0.4 is 5.32 Å². The number of amides is 1. The van der Waals surface area contributed by atoms with Gasteiger partial charge in [-0.25, -0.2) is 4.98 Å². The largest absolute Gasteiger partial charge is 0.353 e. The van der Waals surface area contributed by atoms with Crippen molar-refractivity contribution in [1.82, 2.24) is 25.5 Å². The van der Waals surface area contributed by atoms with E-state index in [1.807, 2.05) is 29.8 Å². The van der Waals surface area contributed by atoms with Gasteiger partial charge in [-0.3, -0.25) is 14.9 Å². The van der Waals surface area contributed by atoms with Crippen molar-refractivity contribution in [2.45, 2.75) is 31.7 Å². The molecular formula is C17H17N5OS. The normalized spacial score (nSPS) is 16.6. The summed E-state index contributed by atoms with van der Waals surface area (Å²) in [4.78, 5) is 21.1. The number of pyridine rings is 1. The van der Waals surface area contributed by atoms with E-state index in [0.29, 0.717) is 6.42 Å². The van der Waals surface area contributed by atoms with E-state index in [2.05, 4.69) is 25.5 Å². The van der Waals surface area contributed by atoms with Gasteiger partial charge >= 0.3 is 0 Å². The number of aromatic nitrogens is 4. The second kappa shape index (κ2) is 6.52. The summed E-state index contributed by atoms with van der Waals surface area (Å²) in [5.74, 6) is 0.0183. The molecule has 122 valence electrons. The highest BCUT2D eigenvalue weighted by atomic mass is 32.1. The van der Waals surface area contributed by atoms with E-state index >= 15 is 0 Å². The van der Waals surface area contributed by atoms with E-state index < -0.39 is 0 Å². The lowest BCUT2D eigenvalue weighted by molar-refractivity contribution is -0.121. The Hall–Kier alpha value is -2.54. The van der Waals surface area contributed by atoms with Gasteiger partial charge < -0.3 is 5.32 Å². The summed E-state index contributed by atoms with van der Waals surface area (Å²) >= 11 is 1.52. The van der Waals surface area contributed by atoms with Crippen LogP contribution in [0.4, 0.5) is 0 Å². The van der Waals surface area contributed by atoms with E-state index in [0.717, 1.165) is 35.7 Å². The summed E-state index contributed by atoms with van der Waals surface area (Å²) < 4.78 is 0. The molecule has 1 aliphatic carbocycles. The molecule has 0 radical (unpaired) electrons. The highest BCUT2D eigenvalue weighted by molar-refractivity contribution is 7.13. The van der Waals surface area contributed by atoms with Crippen molar-refractivity contribution in [3.63, 3.8) is 0 Å². The van der Waals surface area contributed by atoms with Crippen LogP contribution in [0.15, 0.2) is 36.0 Å². The third kappa shape index (κ3) is 3.21. The Kier molecular flexibility index (Phi) is 4.08. The zero-order valence-corrected chi connectivity index (χ0v) is 13.8. The monoisotopic (exact) mass is 339 g/mol. The van der Waals surface area contributed by atoms with Crippen LogP contribution in [-0.4, -0.2) is 32.1 Å². The number of nitrogens with one attached hydrogen (secondary N) is 2. The molecule has 3 aromatic rings. The van der Waals surface area contributed by atoms with Crippen LogP contribution in [0, 0.1) is 0 Å². The minimum Gasteiger partial charge on any atom is -0.353 e. The Balaban J connectivity index is 1.36. The fraction of sp³-hybridized carbons (Fsp3) is 0.294. The predicted octanol–water partition coefficient (Wildman–Crippen LogP) is 2.14. The van der Waals surface area contributed by atoms with Crippen molar-refractivity contribution in [2.75, 3.05) is 0 Å². The van der Waals surface area contributed by atoms with Gasteiger partial charge in [0, 0.05) is 23.3 Å². The minimum absolute atomic E-state index is 0.0183. The molecule has 0 saturated heterocycles. The molecule has 0 spiro atoms. The van der Waals surface area contributed by atoms with Crippen molar-refractivity contribution in [2.24, 2.45) is 0 Å². The Morgan fingerprint density at radius 2 is 2.38 bits per heavy atom. The average Bonchev–Trinajstić information content (AvgIpc) is 3.24. The van der Waals surface area contributed by atoms with Crippen molar-refractivity contribution < 1.29 is 4.79 Å². The van der Waals surface area contributed by atoms with E-state index in [1.54, 1.807) is 6.20 Å². The number of aromatic amines is 1. The number of carbonyl (C=O) groups excluding carboxylic acids is 1. The molecule has 0 saturated carbocycles. The van der Waals surface area contributed by atoms with E-state index in [-0.39, 0.29) is 11.9 Å². The van der Waals surface area contributed by atoms with Crippen LogP contribution in [0.2, 0.25) is 0 Å². The Labute approximate surface area is 143 Å². The van der Waals surface area contributed by atoms with Crippen molar-refractivity contribution >= 4 is 17.2 Å². The molecule has 0 aromatic carbocycles. The van der Waals surface area contributed by atoms with Gasteiger partial charge in [-0.15, -0.1) is 11.3 Å². The van der Waals surface area contributed by atoms with Crippen LogP contribution in [0.5, 0.6) is 0 Å². The first-order valence-corrected chi connectivity index (χ1v) is 8.82. The highest BCUT2D eigenvalue weighted by Gasteiger charge is 2.21. The summed E-state index contributed by atoms with van der Waals surface area (Å²) in [5, 5.41) is 13.0. The smallest absolute Gasteiger partial charge is 0.226 e. The highest BCUT2D eigenvalue weighted by Crippen LogP contribution is 2.22. The molecule has 0 aliphatic heterocycles. The predicted molar refractivity (Wildman–Crippen MR) is 91.6 cm³/mol. The Bertz CT molecular complexity index is 842. The molecule has 0 fully saturated rings.